The van der Waals surface area contributed by atoms with Crippen molar-refractivity contribution in [3.63, 3.8) is 0 Å². The molecule has 0 unspecified atom stereocenters. The lowest BCUT2D eigenvalue weighted by molar-refractivity contribution is -0.138. The van der Waals surface area contributed by atoms with Gasteiger partial charge in [0.2, 0.25) is 0 Å². The number of hydrogen-bond acceptors (Lipinski definition) is 6. The molecule has 0 fully saturated rings. The smallest absolute Gasteiger partial charge is 0.255 e. The highest BCUT2D eigenvalue weighted by Gasteiger charge is 2.34. The van der Waals surface area contributed by atoms with E-state index in [4.69, 9.17) is 0 Å². The fraction of sp³-hybridized carbons (Fsp3) is 0.235. The van der Waals surface area contributed by atoms with E-state index in [1.54, 1.807) is 0 Å². The van der Waals surface area contributed by atoms with Crippen LogP contribution in [0, 0.1) is 0 Å². The lowest BCUT2D eigenvalue weighted by Gasteiger charge is -2.11. The van der Waals surface area contributed by atoms with Crippen LogP contribution in [0.4, 0.5) is 26.3 Å². The van der Waals surface area contributed by atoms with Crippen molar-refractivity contribution in [2.45, 2.75) is 24.2 Å². The molecule has 13 heteroatoms. The van der Waals surface area contributed by atoms with E-state index in [1.165, 1.54) is 6.92 Å². The minimum atomic E-state index is -4.81. The van der Waals surface area contributed by atoms with Gasteiger partial charge in [0, 0.05) is 18.6 Å². The molecule has 0 aliphatic rings. The predicted molar refractivity (Wildman–Crippen MR) is 96.3 cm³/mol. The first kappa shape index (κ1) is 22.2. The van der Waals surface area contributed by atoms with Crippen LogP contribution in [0.3, 0.4) is 0 Å². The third-order valence-electron chi connectivity index (χ3n) is 3.94. The van der Waals surface area contributed by atoms with Gasteiger partial charge in [0.25, 0.3) is 0 Å². The highest BCUT2D eigenvalue weighted by atomic mass is 32.2. The van der Waals surface area contributed by atoms with Crippen LogP contribution in [0.2, 0.25) is 0 Å². The number of pyridine rings is 2. The molecule has 3 rings (SSSR count). The first-order chi connectivity index (χ1) is 13.8. The molecule has 0 bridgehead atoms. The molecule has 5 nitrogen and oxygen atoms in total. The van der Waals surface area contributed by atoms with Crippen LogP contribution in [0.15, 0.2) is 41.7 Å². The molecule has 0 amide bonds. The molecule has 0 saturated heterocycles. The van der Waals surface area contributed by atoms with Gasteiger partial charge in [0.05, 0.1) is 32.3 Å². The molecule has 0 aromatic carbocycles. The average Bonchev–Trinajstić information content (AvgIpc) is 3.16. The van der Waals surface area contributed by atoms with Gasteiger partial charge in [-0.3, -0.25) is 9.97 Å². The molecular weight excluding hydrogens is 456 g/mol. The zero-order valence-electron chi connectivity index (χ0n) is 14.9. The summed E-state index contributed by atoms with van der Waals surface area (Å²) in [5.74, 6) is -0.476. The van der Waals surface area contributed by atoms with E-state index in [-0.39, 0.29) is 21.3 Å². The van der Waals surface area contributed by atoms with Crippen LogP contribution >= 0.6 is 11.3 Å². The number of halogens is 6. The van der Waals surface area contributed by atoms with Crippen molar-refractivity contribution in [1.82, 2.24) is 15.0 Å². The predicted octanol–water partition coefficient (Wildman–Crippen LogP) is 5.10. The van der Waals surface area contributed by atoms with Gasteiger partial charge in [-0.05, 0) is 18.2 Å². The zero-order chi connectivity index (χ0) is 22.3. The Morgan fingerprint density at radius 1 is 0.933 bits per heavy atom. The molecule has 3 heterocycles. The van der Waals surface area contributed by atoms with Gasteiger partial charge in [-0.1, -0.05) is 6.92 Å². The van der Waals surface area contributed by atoms with E-state index in [9.17, 15) is 34.8 Å². The topological polar surface area (TPSA) is 72.8 Å². The summed E-state index contributed by atoms with van der Waals surface area (Å²) < 4.78 is 102. The Hall–Kier alpha value is -2.54. The lowest BCUT2D eigenvalue weighted by Crippen LogP contribution is -2.12. The Morgan fingerprint density at radius 2 is 1.60 bits per heavy atom. The molecular formula is C17H11F6N3O2S2. The Kier molecular flexibility index (Phi) is 5.62. The monoisotopic (exact) mass is 467 g/mol. The van der Waals surface area contributed by atoms with Crippen molar-refractivity contribution in [2.24, 2.45) is 0 Å². The third-order valence-corrected chi connectivity index (χ3v) is 6.71. The maximum atomic E-state index is 13.0. The minimum absolute atomic E-state index is 0.0649. The van der Waals surface area contributed by atoms with Gasteiger partial charge >= 0.3 is 12.4 Å². The second-order valence-electron chi connectivity index (χ2n) is 5.93. The Balaban J connectivity index is 2.12. The molecule has 0 aliphatic heterocycles. The van der Waals surface area contributed by atoms with E-state index in [2.05, 4.69) is 15.0 Å². The highest BCUT2D eigenvalue weighted by molar-refractivity contribution is 7.91. The van der Waals surface area contributed by atoms with E-state index >= 15 is 0 Å². The summed E-state index contributed by atoms with van der Waals surface area (Å²) in [5, 5.41) is -0.0649. The Labute approximate surface area is 170 Å². The number of alkyl halides is 6. The molecule has 3 aromatic rings. The maximum absolute atomic E-state index is 13.0. The van der Waals surface area contributed by atoms with Crippen LogP contribution in [0.1, 0.15) is 18.1 Å². The lowest BCUT2D eigenvalue weighted by atomic mass is 10.2. The van der Waals surface area contributed by atoms with Gasteiger partial charge in [-0.15, -0.1) is 11.3 Å². The van der Waals surface area contributed by atoms with Gasteiger partial charge in [-0.25, -0.2) is 13.4 Å². The van der Waals surface area contributed by atoms with E-state index in [0.29, 0.717) is 12.3 Å². The second kappa shape index (κ2) is 7.61. The van der Waals surface area contributed by atoms with Gasteiger partial charge in [0.15, 0.2) is 9.84 Å². The molecule has 160 valence electrons. The third kappa shape index (κ3) is 4.46. The van der Waals surface area contributed by atoms with Gasteiger partial charge < -0.3 is 0 Å². The molecule has 0 saturated carbocycles. The van der Waals surface area contributed by atoms with Gasteiger partial charge in [-0.2, -0.15) is 26.3 Å². The summed E-state index contributed by atoms with van der Waals surface area (Å²) in [6.45, 7) is 1.26. The number of sulfone groups is 1. The average molecular weight is 467 g/mol. The van der Waals surface area contributed by atoms with Crippen LogP contribution in [-0.2, 0) is 22.2 Å². The van der Waals surface area contributed by atoms with Crippen LogP contribution in [0.25, 0.3) is 21.3 Å². The molecule has 0 aliphatic carbocycles. The fourth-order valence-corrected chi connectivity index (χ4v) is 4.42. The fourth-order valence-electron chi connectivity index (χ4n) is 2.40. The summed E-state index contributed by atoms with van der Waals surface area (Å²) in [5.41, 5.74) is -2.56. The number of rotatable bonds is 4. The van der Waals surface area contributed by atoms with Crippen molar-refractivity contribution in [3.8, 4) is 21.3 Å². The zero-order valence-corrected chi connectivity index (χ0v) is 16.5. The van der Waals surface area contributed by atoms with Crippen molar-refractivity contribution in [1.29, 1.82) is 0 Å². The van der Waals surface area contributed by atoms with Crippen molar-refractivity contribution >= 4 is 21.2 Å². The normalized spacial score (nSPS) is 12.9. The van der Waals surface area contributed by atoms with E-state index in [1.807, 2.05) is 0 Å². The standard InChI is InChI=1S/C17H11F6N3O2S2/c1-2-30(27,28)13-6-10(17(21,22)23)7-25-14(13)15-26-8-12(29-15)11-5-9(3-4-24-11)16(18,19)20/h3-8H,2H2,1H3. The van der Waals surface area contributed by atoms with E-state index < -0.39 is 44.0 Å². The Morgan fingerprint density at radius 3 is 2.20 bits per heavy atom. The molecule has 30 heavy (non-hydrogen) atoms. The SMILES string of the molecule is CCS(=O)(=O)c1cc(C(F)(F)F)cnc1-c1ncc(-c2cc(C(F)(F)F)ccn2)s1. The number of thiazole rings is 1. The van der Waals surface area contributed by atoms with Gasteiger partial charge in [0.1, 0.15) is 10.7 Å². The largest absolute Gasteiger partial charge is 0.417 e. The summed E-state index contributed by atoms with van der Waals surface area (Å²) >= 11 is 0.763. The first-order valence-corrected chi connectivity index (χ1v) is 10.6. The maximum Gasteiger partial charge on any atom is 0.417 e. The van der Waals surface area contributed by atoms with Crippen molar-refractivity contribution in [2.75, 3.05) is 5.75 Å². The molecule has 0 atom stereocenters. The molecule has 3 aromatic heterocycles. The first-order valence-electron chi connectivity index (χ1n) is 8.12. The number of hydrogen-bond donors (Lipinski definition) is 0. The summed E-state index contributed by atoms with van der Waals surface area (Å²) in [6, 6.07) is 2.06. The molecule has 0 N–H and O–H groups in total. The number of nitrogens with zero attached hydrogens (tertiary/aromatic N) is 3. The molecule has 0 spiro atoms. The van der Waals surface area contributed by atoms with E-state index in [0.717, 1.165) is 35.9 Å². The highest BCUT2D eigenvalue weighted by Crippen LogP contribution is 2.38. The van der Waals surface area contributed by atoms with Crippen molar-refractivity contribution < 1.29 is 34.8 Å². The Bertz CT molecular complexity index is 1190. The number of aromatic nitrogens is 3. The summed E-state index contributed by atoms with van der Waals surface area (Å²) in [4.78, 5) is 10.9. The summed E-state index contributed by atoms with van der Waals surface area (Å²) in [6.07, 6.45) is -6.80. The molecule has 0 radical (unpaired) electrons. The van der Waals surface area contributed by atoms with Crippen LogP contribution in [-0.4, -0.2) is 29.1 Å². The second-order valence-corrected chi connectivity index (χ2v) is 9.21. The van der Waals surface area contributed by atoms with Crippen LogP contribution < -0.4 is 0 Å². The summed E-state index contributed by atoms with van der Waals surface area (Å²) in [7, 11) is -4.10. The van der Waals surface area contributed by atoms with Crippen LogP contribution in [0.5, 0.6) is 0 Å². The van der Waals surface area contributed by atoms with Crippen molar-refractivity contribution in [3.05, 3.63) is 47.9 Å². The minimum Gasteiger partial charge on any atom is -0.255 e. The quantitative estimate of drug-likeness (QED) is 0.500.